The van der Waals surface area contributed by atoms with Crippen LogP contribution >= 0.6 is 24.0 Å². The lowest BCUT2D eigenvalue weighted by Gasteiger charge is -2.34. The minimum absolute atomic E-state index is 0. The molecule has 8 heteroatoms. The summed E-state index contributed by atoms with van der Waals surface area (Å²) in [5.41, 5.74) is 0. The lowest BCUT2D eigenvalue weighted by atomic mass is 9.98. The molecule has 0 aliphatic carbocycles. The Morgan fingerprint density at radius 2 is 1.93 bits per heavy atom. The Morgan fingerprint density at radius 1 is 1.21 bits per heavy atom. The monoisotopic (exact) mass is 524 g/mol. The van der Waals surface area contributed by atoms with E-state index in [4.69, 9.17) is 9.47 Å². The van der Waals surface area contributed by atoms with Gasteiger partial charge in [-0.05, 0) is 45.4 Å². The first-order chi connectivity index (χ1) is 13.7. The average molecular weight is 524 g/mol. The van der Waals surface area contributed by atoms with Gasteiger partial charge in [-0.15, -0.1) is 24.0 Å². The van der Waals surface area contributed by atoms with Crippen LogP contribution in [0.3, 0.4) is 0 Å². The van der Waals surface area contributed by atoms with Crippen LogP contribution in [0.5, 0.6) is 0 Å². The molecule has 0 saturated carbocycles. The number of ether oxygens (including phenoxy) is 2. The van der Waals surface area contributed by atoms with Crippen LogP contribution < -0.4 is 10.6 Å². The van der Waals surface area contributed by atoms with Crippen LogP contribution in [0.1, 0.15) is 59.3 Å². The standard InChI is InChI=1S/C21H40N4O3.HI/c1-4-17(5-2)20(26)25-12-9-18(10-13-25)24-21(22-6-3)23-11-15-27-16-19-8-7-14-28-19;/h17-19H,4-16H2,1-3H3,(H2,22,23,24);1H. The van der Waals surface area contributed by atoms with Crippen molar-refractivity contribution in [3.63, 3.8) is 0 Å². The first-order valence-corrected chi connectivity index (χ1v) is 11.2. The number of aliphatic imine (C=N–C) groups is 1. The highest BCUT2D eigenvalue weighted by Crippen LogP contribution is 2.17. The third-order valence-corrected chi connectivity index (χ3v) is 5.66. The Hall–Kier alpha value is -0.610. The second kappa shape index (κ2) is 15.2. The van der Waals surface area contributed by atoms with E-state index in [0.29, 0.717) is 31.7 Å². The van der Waals surface area contributed by atoms with E-state index in [-0.39, 0.29) is 36.0 Å². The van der Waals surface area contributed by atoms with Crippen LogP contribution in [0.4, 0.5) is 0 Å². The molecule has 2 N–H and O–H groups in total. The van der Waals surface area contributed by atoms with Gasteiger partial charge in [0.25, 0.3) is 0 Å². The van der Waals surface area contributed by atoms with Crippen LogP contribution in [0.2, 0.25) is 0 Å². The molecule has 0 aromatic rings. The summed E-state index contributed by atoms with van der Waals surface area (Å²) in [4.78, 5) is 19.2. The van der Waals surface area contributed by atoms with Crippen molar-refractivity contribution in [1.29, 1.82) is 0 Å². The van der Waals surface area contributed by atoms with Crippen LogP contribution in [0.25, 0.3) is 0 Å². The second-order valence-corrected chi connectivity index (χ2v) is 7.73. The molecule has 2 saturated heterocycles. The van der Waals surface area contributed by atoms with E-state index in [2.05, 4.69) is 36.4 Å². The summed E-state index contributed by atoms with van der Waals surface area (Å²) >= 11 is 0. The summed E-state index contributed by atoms with van der Waals surface area (Å²) in [6, 6.07) is 0.358. The molecule has 7 nitrogen and oxygen atoms in total. The number of carbonyl (C=O) groups is 1. The summed E-state index contributed by atoms with van der Waals surface area (Å²) in [5, 5.41) is 6.84. The molecule has 0 bridgehead atoms. The minimum atomic E-state index is 0. The van der Waals surface area contributed by atoms with Crippen molar-refractivity contribution in [2.24, 2.45) is 10.9 Å². The molecule has 1 unspecified atom stereocenters. The third-order valence-electron chi connectivity index (χ3n) is 5.66. The molecular formula is C21H41IN4O3. The van der Waals surface area contributed by atoms with Crippen molar-refractivity contribution >= 4 is 35.8 Å². The molecule has 2 heterocycles. The molecule has 2 fully saturated rings. The number of nitrogens with zero attached hydrogens (tertiary/aromatic N) is 2. The molecule has 1 amide bonds. The summed E-state index contributed by atoms with van der Waals surface area (Å²) in [5.74, 6) is 1.35. The number of halogens is 1. The van der Waals surface area contributed by atoms with Crippen LogP contribution in [-0.4, -0.2) is 74.9 Å². The van der Waals surface area contributed by atoms with Crippen LogP contribution in [0.15, 0.2) is 4.99 Å². The van der Waals surface area contributed by atoms with Gasteiger partial charge >= 0.3 is 0 Å². The zero-order valence-corrected chi connectivity index (χ0v) is 20.8. The summed E-state index contributed by atoms with van der Waals surface area (Å²) in [6.07, 6.45) is 6.30. The van der Waals surface area contributed by atoms with E-state index in [0.717, 1.165) is 70.7 Å². The molecule has 2 aliphatic rings. The summed E-state index contributed by atoms with van der Waals surface area (Å²) in [7, 11) is 0. The Bertz CT molecular complexity index is 475. The molecule has 29 heavy (non-hydrogen) atoms. The number of piperidine rings is 1. The van der Waals surface area contributed by atoms with Crippen molar-refractivity contribution in [2.75, 3.05) is 46.0 Å². The summed E-state index contributed by atoms with van der Waals surface area (Å²) < 4.78 is 11.2. The molecule has 0 aromatic carbocycles. The van der Waals surface area contributed by atoms with Crippen molar-refractivity contribution in [1.82, 2.24) is 15.5 Å². The maximum Gasteiger partial charge on any atom is 0.225 e. The van der Waals surface area contributed by atoms with E-state index in [1.807, 2.05) is 4.90 Å². The number of likely N-dealkylation sites (tertiary alicyclic amines) is 1. The topological polar surface area (TPSA) is 75.2 Å². The van der Waals surface area contributed by atoms with Gasteiger partial charge in [-0.25, -0.2) is 0 Å². The van der Waals surface area contributed by atoms with Crippen molar-refractivity contribution in [3.8, 4) is 0 Å². The highest BCUT2D eigenvalue weighted by molar-refractivity contribution is 14.0. The average Bonchev–Trinajstić information content (AvgIpc) is 3.23. The highest BCUT2D eigenvalue weighted by Gasteiger charge is 2.26. The van der Waals surface area contributed by atoms with Gasteiger partial charge in [0, 0.05) is 38.2 Å². The Balaban J connectivity index is 0.00000420. The lowest BCUT2D eigenvalue weighted by Crippen LogP contribution is -2.50. The molecule has 0 radical (unpaired) electrons. The highest BCUT2D eigenvalue weighted by atomic mass is 127. The maximum atomic E-state index is 12.5. The molecule has 2 rings (SSSR count). The lowest BCUT2D eigenvalue weighted by molar-refractivity contribution is -0.136. The van der Waals surface area contributed by atoms with Gasteiger partial charge in [-0.2, -0.15) is 0 Å². The summed E-state index contributed by atoms with van der Waals surface area (Å²) in [6.45, 7) is 11.5. The molecule has 1 atom stereocenters. The van der Waals surface area contributed by atoms with Crippen LogP contribution in [-0.2, 0) is 14.3 Å². The number of amides is 1. The molecule has 2 aliphatic heterocycles. The first kappa shape index (κ1) is 26.4. The quantitative estimate of drug-likeness (QED) is 0.199. The van der Waals surface area contributed by atoms with E-state index in [1.54, 1.807) is 0 Å². The van der Waals surface area contributed by atoms with Crippen molar-refractivity contribution in [3.05, 3.63) is 0 Å². The zero-order chi connectivity index (χ0) is 20.2. The fraction of sp³-hybridized carbons (Fsp3) is 0.905. The normalized spacial score (nSPS) is 20.6. The number of guanidine groups is 1. The predicted molar refractivity (Wildman–Crippen MR) is 128 cm³/mol. The number of rotatable bonds is 10. The van der Waals surface area contributed by atoms with Gasteiger partial charge in [-0.3, -0.25) is 9.79 Å². The van der Waals surface area contributed by atoms with E-state index in [9.17, 15) is 4.79 Å². The third kappa shape index (κ3) is 9.38. The van der Waals surface area contributed by atoms with Gasteiger partial charge in [0.05, 0.1) is 25.9 Å². The fourth-order valence-electron chi connectivity index (χ4n) is 3.87. The molecule has 0 spiro atoms. The van der Waals surface area contributed by atoms with Gasteiger partial charge < -0.3 is 25.0 Å². The second-order valence-electron chi connectivity index (χ2n) is 7.73. The minimum Gasteiger partial charge on any atom is -0.377 e. The van der Waals surface area contributed by atoms with E-state index < -0.39 is 0 Å². The number of carbonyl (C=O) groups excluding carboxylic acids is 1. The molecule has 0 aromatic heterocycles. The zero-order valence-electron chi connectivity index (χ0n) is 18.5. The Morgan fingerprint density at radius 3 is 2.52 bits per heavy atom. The number of hydrogen-bond acceptors (Lipinski definition) is 4. The maximum absolute atomic E-state index is 12.5. The van der Waals surface area contributed by atoms with Gasteiger partial charge in [-0.1, -0.05) is 13.8 Å². The van der Waals surface area contributed by atoms with Crippen molar-refractivity contribution < 1.29 is 14.3 Å². The number of hydrogen-bond donors (Lipinski definition) is 2. The Labute approximate surface area is 193 Å². The molecular weight excluding hydrogens is 483 g/mol. The Kier molecular flexibility index (Phi) is 13.9. The van der Waals surface area contributed by atoms with E-state index in [1.165, 1.54) is 0 Å². The van der Waals surface area contributed by atoms with Gasteiger partial charge in [0.1, 0.15) is 0 Å². The van der Waals surface area contributed by atoms with Crippen molar-refractivity contribution in [2.45, 2.75) is 71.4 Å². The smallest absolute Gasteiger partial charge is 0.225 e. The fourth-order valence-corrected chi connectivity index (χ4v) is 3.87. The number of nitrogens with one attached hydrogen (secondary N) is 2. The van der Waals surface area contributed by atoms with Crippen LogP contribution in [0, 0.1) is 5.92 Å². The SMILES string of the molecule is CCNC(=NCCOCC1CCCO1)NC1CCN(C(=O)C(CC)CC)CC1.I. The van der Waals surface area contributed by atoms with E-state index >= 15 is 0 Å². The molecule has 170 valence electrons. The predicted octanol–water partition coefficient (Wildman–Crippen LogP) is 2.78. The first-order valence-electron chi connectivity index (χ1n) is 11.2. The van der Waals surface area contributed by atoms with Gasteiger partial charge in [0.15, 0.2) is 5.96 Å². The largest absolute Gasteiger partial charge is 0.377 e. The van der Waals surface area contributed by atoms with Gasteiger partial charge in [0.2, 0.25) is 5.91 Å².